The van der Waals surface area contributed by atoms with E-state index in [0.29, 0.717) is 0 Å². The smallest absolute Gasteiger partial charge is 0.168 e. The average molecular weight is 631 g/mol. The Hall–Kier alpha value is 1.34. The minimum Gasteiger partial charge on any atom is -1.00 e. The van der Waals surface area contributed by atoms with Gasteiger partial charge in [0.25, 0.3) is 0 Å². The molecular formula is C17H32I3N. The summed E-state index contributed by atoms with van der Waals surface area (Å²) in [7, 11) is 0. The zero-order valence-corrected chi connectivity index (χ0v) is 20.1. The lowest BCUT2D eigenvalue weighted by Gasteiger charge is -2.01. The molecule has 0 spiro atoms. The highest BCUT2D eigenvalue weighted by atomic mass is 127. The fraction of sp³-hybridized carbons (Fsp3) is 0.706. The van der Waals surface area contributed by atoms with Gasteiger partial charge in [-0.15, -0.1) is 48.0 Å². The second-order valence-electron chi connectivity index (χ2n) is 5.30. The van der Waals surface area contributed by atoms with Crippen LogP contribution in [0.3, 0.4) is 0 Å². The topological polar surface area (TPSA) is 3.88 Å². The summed E-state index contributed by atoms with van der Waals surface area (Å²) in [6, 6.07) is 6.29. The van der Waals surface area contributed by atoms with Crippen LogP contribution < -0.4 is 28.5 Å². The second-order valence-corrected chi connectivity index (χ2v) is 5.30. The lowest BCUT2D eigenvalue weighted by molar-refractivity contribution is -0.697. The molecule has 0 saturated carbocycles. The molecule has 0 saturated heterocycles. The number of rotatable bonds is 11. The fourth-order valence-corrected chi connectivity index (χ4v) is 2.37. The minimum absolute atomic E-state index is 0. The van der Waals surface area contributed by atoms with Crippen molar-refractivity contribution in [3.63, 3.8) is 0 Å². The van der Waals surface area contributed by atoms with E-state index >= 15 is 0 Å². The maximum atomic E-state index is 2.28. The molecule has 1 rings (SSSR count). The highest BCUT2D eigenvalue weighted by molar-refractivity contribution is 14.0. The summed E-state index contributed by atoms with van der Waals surface area (Å²) >= 11 is 0. The Morgan fingerprint density at radius 2 is 1.05 bits per heavy atom. The van der Waals surface area contributed by atoms with E-state index in [0.717, 1.165) is 0 Å². The second kappa shape index (κ2) is 21.3. The zero-order valence-electron chi connectivity index (χ0n) is 13.3. The Kier molecular flexibility index (Phi) is 27.6. The van der Waals surface area contributed by atoms with E-state index in [-0.39, 0.29) is 71.9 Å². The van der Waals surface area contributed by atoms with Crippen molar-refractivity contribution in [2.45, 2.75) is 77.7 Å². The van der Waals surface area contributed by atoms with Crippen molar-refractivity contribution in [3.8, 4) is 0 Å². The molecule has 0 aliphatic carbocycles. The van der Waals surface area contributed by atoms with E-state index in [4.69, 9.17) is 0 Å². The molecule has 0 unspecified atom stereocenters. The SMILES string of the molecule is CCCCCCCCCCCC[n+]1ccccc1.I.I.[I-]. The first-order chi connectivity index (χ1) is 8.93. The Balaban J connectivity index is -0.00000108. The molecule has 0 fully saturated rings. The molecule has 1 heterocycles. The maximum absolute atomic E-state index is 2.28. The van der Waals surface area contributed by atoms with Crippen molar-refractivity contribution < 1.29 is 28.5 Å². The van der Waals surface area contributed by atoms with Crippen LogP contribution in [-0.4, -0.2) is 0 Å². The van der Waals surface area contributed by atoms with Crippen LogP contribution in [0.4, 0.5) is 0 Å². The molecule has 0 aliphatic heterocycles. The molecule has 0 radical (unpaired) electrons. The first kappa shape index (κ1) is 27.2. The number of aryl methyl sites for hydroxylation is 1. The summed E-state index contributed by atoms with van der Waals surface area (Å²) in [5.41, 5.74) is 0. The molecule has 0 aromatic carbocycles. The van der Waals surface area contributed by atoms with Crippen molar-refractivity contribution in [1.82, 2.24) is 0 Å². The number of nitrogens with zero attached hydrogens (tertiary/aromatic N) is 1. The molecule has 1 nitrogen and oxygen atoms in total. The summed E-state index contributed by atoms with van der Waals surface area (Å²) in [6.45, 7) is 3.46. The van der Waals surface area contributed by atoms with Gasteiger partial charge in [-0.3, -0.25) is 0 Å². The largest absolute Gasteiger partial charge is 1.00 e. The Morgan fingerprint density at radius 3 is 1.52 bits per heavy atom. The first-order valence-electron chi connectivity index (χ1n) is 7.87. The summed E-state index contributed by atoms with van der Waals surface area (Å²) in [6.07, 6.45) is 18.5. The minimum atomic E-state index is 0. The molecule has 0 amide bonds. The van der Waals surface area contributed by atoms with E-state index in [2.05, 4.69) is 42.1 Å². The molecule has 0 N–H and O–H groups in total. The van der Waals surface area contributed by atoms with Gasteiger partial charge in [-0.25, -0.2) is 4.57 Å². The predicted molar refractivity (Wildman–Crippen MR) is 109 cm³/mol. The third kappa shape index (κ3) is 17.5. The molecule has 126 valence electrons. The van der Waals surface area contributed by atoms with Crippen molar-refractivity contribution in [3.05, 3.63) is 30.6 Å². The molecule has 0 aliphatic rings. The molecule has 0 atom stereocenters. The van der Waals surface area contributed by atoms with Crippen LogP contribution in [0.5, 0.6) is 0 Å². The van der Waals surface area contributed by atoms with Crippen LogP contribution in [0.1, 0.15) is 71.1 Å². The quantitative estimate of drug-likeness (QED) is 0.201. The van der Waals surface area contributed by atoms with Crippen molar-refractivity contribution >= 4 is 48.0 Å². The standard InChI is InChI=1S/C17H30N.3HI/c1-2-3-4-5-6-7-8-9-10-12-15-18-16-13-11-14-17-18;;;/h11,13-14,16-17H,2-10,12,15H2,1H3;3*1H/q+1;;;/p-1. The number of halogens is 3. The Morgan fingerprint density at radius 1 is 0.619 bits per heavy atom. The summed E-state index contributed by atoms with van der Waals surface area (Å²) in [4.78, 5) is 0. The van der Waals surface area contributed by atoms with Gasteiger partial charge in [-0.05, 0) is 6.42 Å². The normalized spacial score (nSPS) is 9.19. The van der Waals surface area contributed by atoms with Gasteiger partial charge in [-0.2, -0.15) is 0 Å². The van der Waals surface area contributed by atoms with Crippen LogP contribution in [-0.2, 0) is 6.54 Å². The lowest BCUT2D eigenvalue weighted by Crippen LogP contribution is -3.00. The van der Waals surface area contributed by atoms with Gasteiger partial charge in [0.15, 0.2) is 12.4 Å². The van der Waals surface area contributed by atoms with Crippen molar-refractivity contribution in [2.24, 2.45) is 0 Å². The maximum Gasteiger partial charge on any atom is 0.168 e. The van der Waals surface area contributed by atoms with E-state index in [1.54, 1.807) is 0 Å². The van der Waals surface area contributed by atoms with Gasteiger partial charge in [0.05, 0.1) is 0 Å². The van der Waals surface area contributed by atoms with Crippen LogP contribution in [0.2, 0.25) is 0 Å². The Labute approximate surface area is 183 Å². The van der Waals surface area contributed by atoms with E-state index in [1.165, 1.54) is 70.8 Å². The first-order valence-corrected chi connectivity index (χ1v) is 7.87. The predicted octanol–water partition coefficient (Wildman–Crippen LogP) is 3.14. The van der Waals surface area contributed by atoms with E-state index in [1.807, 2.05) is 0 Å². The number of hydrogen-bond donors (Lipinski definition) is 0. The summed E-state index contributed by atoms with van der Waals surface area (Å²) in [5, 5.41) is 0. The van der Waals surface area contributed by atoms with E-state index < -0.39 is 0 Å². The van der Waals surface area contributed by atoms with E-state index in [9.17, 15) is 0 Å². The molecule has 1 aromatic rings. The Bertz CT molecular complexity index is 281. The van der Waals surface area contributed by atoms with Gasteiger partial charge in [0.2, 0.25) is 0 Å². The van der Waals surface area contributed by atoms with Gasteiger partial charge in [0.1, 0.15) is 6.54 Å². The van der Waals surface area contributed by atoms with Gasteiger partial charge < -0.3 is 24.0 Å². The number of pyridine rings is 1. The average Bonchev–Trinajstić information content (AvgIpc) is 2.42. The molecule has 1 aromatic heterocycles. The fourth-order valence-electron chi connectivity index (χ4n) is 2.37. The third-order valence-electron chi connectivity index (χ3n) is 3.55. The highest BCUT2D eigenvalue weighted by Gasteiger charge is 1.97. The van der Waals surface area contributed by atoms with Crippen molar-refractivity contribution in [2.75, 3.05) is 0 Å². The van der Waals surface area contributed by atoms with Gasteiger partial charge in [-0.1, -0.05) is 64.4 Å². The van der Waals surface area contributed by atoms with Crippen molar-refractivity contribution in [1.29, 1.82) is 0 Å². The van der Waals surface area contributed by atoms with Crippen LogP contribution in [0.15, 0.2) is 30.6 Å². The lowest BCUT2D eigenvalue weighted by atomic mass is 10.1. The van der Waals surface area contributed by atoms with Crippen LogP contribution >= 0.6 is 48.0 Å². The molecule has 21 heavy (non-hydrogen) atoms. The highest BCUT2D eigenvalue weighted by Crippen LogP contribution is 2.10. The molecule has 4 heteroatoms. The van der Waals surface area contributed by atoms with Crippen LogP contribution in [0, 0.1) is 0 Å². The van der Waals surface area contributed by atoms with Gasteiger partial charge in [0, 0.05) is 18.6 Å². The third-order valence-corrected chi connectivity index (χ3v) is 3.55. The number of unbranched alkanes of at least 4 members (excludes halogenated alkanes) is 9. The van der Waals surface area contributed by atoms with Gasteiger partial charge >= 0.3 is 0 Å². The zero-order chi connectivity index (χ0) is 12.9. The number of hydrogen-bond acceptors (Lipinski definition) is 0. The summed E-state index contributed by atoms with van der Waals surface area (Å²) in [5.74, 6) is 0. The number of aromatic nitrogens is 1. The molecular weight excluding hydrogens is 599 g/mol. The van der Waals surface area contributed by atoms with Crippen LogP contribution in [0.25, 0.3) is 0 Å². The monoisotopic (exact) mass is 631 g/mol. The molecule has 0 bridgehead atoms. The summed E-state index contributed by atoms with van der Waals surface area (Å²) < 4.78 is 2.28.